The Morgan fingerprint density at radius 1 is 1.33 bits per heavy atom. The molecular weight excluding hydrogens is 228 g/mol. The maximum absolute atomic E-state index is 12.0. The van der Waals surface area contributed by atoms with Gasteiger partial charge in [0.1, 0.15) is 0 Å². The van der Waals surface area contributed by atoms with Crippen LogP contribution in [0.25, 0.3) is 0 Å². The van der Waals surface area contributed by atoms with Gasteiger partial charge in [-0.1, -0.05) is 19.9 Å². The molecule has 0 spiro atoms. The van der Waals surface area contributed by atoms with E-state index < -0.39 is 0 Å². The highest BCUT2D eigenvalue weighted by Crippen LogP contribution is 2.10. The van der Waals surface area contributed by atoms with Crippen LogP contribution in [0.15, 0.2) is 11.6 Å². The molecule has 1 saturated heterocycles. The van der Waals surface area contributed by atoms with Gasteiger partial charge in [0.25, 0.3) is 0 Å². The number of rotatable bonds is 3. The normalized spacial score (nSPS) is 18.3. The molecule has 18 heavy (non-hydrogen) atoms. The van der Waals surface area contributed by atoms with Gasteiger partial charge in [-0.3, -0.25) is 9.59 Å². The van der Waals surface area contributed by atoms with Crippen LogP contribution in [0.3, 0.4) is 0 Å². The van der Waals surface area contributed by atoms with Gasteiger partial charge in [-0.2, -0.15) is 0 Å². The summed E-state index contributed by atoms with van der Waals surface area (Å²) in [4.78, 5) is 27.6. The Morgan fingerprint density at radius 2 is 2.00 bits per heavy atom. The lowest BCUT2D eigenvalue weighted by Crippen LogP contribution is -2.37. The summed E-state index contributed by atoms with van der Waals surface area (Å²) >= 11 is 0. The highest BCUT2D eigenvalue weighted by molar-refractivity contribution is 5.93. The summed E-state index contributed by atoms with van der Waals surface area (Å²) < 4.78 is 0. The van der Waals surface area contributed by atoms with E-state index >= 15 is 0 Å². The second-order valence-electron chi connectivity index (χ2n) is 5.25. The maximum atomic E-state index is 12.0. The number of carbonyl (C=O) groups is 2. The SMILES string of the molecule is CC=C(C)C(=O)N1CCC(=O)N(CC(C)C)CC1. The van der Waals surface area contributed by atoms with E-state index in [2.05, 4.69) is 13.8 Å². The van der Waals surface area contributed by atoms with Crippen LogP contribution in [-0.2, 0) is 9.59 Å². The lowest BCUT2D eigenvalue weighted by atomic mass is 10.2. The lowest BCUT2D eigenvalue weighted by molar-refractivity contribution is -0.130. The molecule has 4 heteroatoms. The first-order chi connectivity index (χ1) is 8.45. The van der Waals surface area contributed by atoms with Crippen molar-refractivity contribution in [3.05, 3.63) is 11.6 Å². The predicted octanol–water partition coefficient (Wildman–Crippen LogP) is 1.67. The summed E-state index contributed by atoms with van der Waals surface area (Å²) in [7, 11) is 0. The van der Waals surface area contributed by atoms with Crippen LogP contribution in [0.5, 0.6) is 0 Å². The minimum Gasteiger partial charge on any atom is -0.341 e. The van der Waals surface area contributed by atoms with Crippen molar-refractivity contribution >= 4 is 11.8 Å². The van der Waals surface area contributed by atoms with Crippen molar-refractivity contribution in [2.24, 2.45) is 5.92 Å². The van der Waals surface area contributed by atoms with Crippen molar-refractivity contribution in [3.63, 3.8) is 0 Å². The summed E-state index contributed by atoms with van der Waals surface area (Å²) in [5.41, 5.74) is 0.750. The van der Waals surface area contributed by atoms with Gasteiger partial charge in [-0.25, -0.2) is 0 Å². The summed E-state index contributed by atoms with van der Waals surface area (Å²) in [6.45, 7) is 10.5. The molecule has 0 N–H and O–H groups in total. The number of hydrogen-bond donors (Lipinski definition) is 0. The van der Waals surface area contributed by atoms with Gasteiger partial charge >= 0.3 is 0 Å². The maximum Gasteiger partial charge on any atom is 0.249 e. The molecule has 4 nitrogen and oxygen atoms in total. The fraction of sp³-hybridized carbons (Fsp3) is 0.714. The van der Waals surface area contributed by atoms with Crippen LogP contribution in [0, 0.1) is 5.92 Å². The number of amides is 2. The summed E-state index contributed by atoms with van der Waals surface area (Å²) in [5, 5.41) is 0. The van der Waals surface area contributed by atoms with Crippen molar-refractivity contribution in [3.8, 4) is 0 Å². The third-order valence-corrected chi connectivity index (χ3v) is 3.23. The second kappa shape index (κ2) is 6.57. The Labute approximate surface area is 110 Å². The van der Waals surface area contributed by atoms with Crippen molar-refractivity contribution in [2.75, 3.05) is 26.2 Å². The molecule has 1 aliphatic heterocycles. The lowest BCUT2D eigenvalue weighted by Gasteiger charge is -2.23. The molecule has 1 heterocycles. The van der Waals surface area contributed by atoms with E-state index in [1.165, 1.54) is 0 Å². The molecule has 0 aromatic heterocycles. The average molecular weight is 252 g/mol. The molecular formula is C14H24N2O2. The Kier molecular flexibility index (Phi) is 5.38. The van der Waals surface area contributed by atoms with Crippen molar-refractivity contribution in [2.45, 2.75) is 34.1 Å². The van der Waals surface area contributed by atoms with Crippen LogP contribution in [0.2, 0.25) is 0 Å². The molecule has 0 atom stereocenters. The summed E-state index contributed by atoms with van der Waals surface area (Å²) in [6, 6.07) is 0. The minimum atomic E-state index is 0.0525. The summed E-state index contributed by atoms with van der Waals surface area (Å²) in [5.74, 6) is 0.683. The fourth-order valence-corrected chi connectivity index (χ4v) is 2.08. The van der Waals surface area contributed by atoms with Gasteiger partial charge in [0, 0.05) is 38.2 Å². The van der Waals surface area contributed by atoms with Gasteiger partial charge in [0.2, 0.25) is 11.8 Å². The molecule has 0 saturated carbocycles. The van der Waals surface area contributed by atoms with Crippen molar-refractivity contribution in [1.29, 1.82) is 0 Å². The van der Waals surface area contributed by atoms with Crippen LogP contribution < -0.4 is 0 Å². The van der Waals surface area contributed by atoms with Crippen LogP contribution >= 0.6 is 0 Å². The van der Waals surface area contributed by atoms with Crippen LogP contribution in [-0.4, -0.2) is 47.8 Å². The molecule has 0 bridgehead atoms. The zero-order chi connectivity index (χ0) is 13.7. The van der Waals surface area contributed by atoms with E-state index in [-0.39, 0.29) is 11.8 Å². The predicted molar refractivity (Wildman–Crippen MR) is 72.0 cm³/mol. The van der Waals surface area contributed by atoms with Crippen molar-refractivity contribution < 1.29 is 9.59 Å². The first kappa shape index (κ1) is 14.7. The van der Waals surface area contributed by atoms with Crippen LogP contribution in [0.4, 0.5) is 0 Å². The minimum absolute atomic E-state index is 0.0525. The zero-order valence-electron chi connectivity index (χ0n) is 11.9. The Hall–Kier alpha value is -1.32. The molecule has 102 valence electrons. The smallest absolute Gasteiger partial charge is 0.249 e. The van der Waals surface area contributed by atoms with E-state index in [1.807, 2.05) is 24.8 Å². The second-order valence-corrected chi connectivity index (χ2v) is 5.25. The van der Waals surface area contributed by atoms with Gasteiger partial charge < -0.3 is 9.80 Å². The molecule has 0 aromatic carbocycles. The van der Waals surface area contributed by atoms with Gasteiger partial charge in [-0.15, -0.1) is 0 Å². The molecule has 1 rings (SSSR count). The molecule has 1 aliphatic rings. The largest absolute Gasteiger partial charge is 0.341 e. The molecule has 0 unspecified atom stereocenters. The number of allylic oxidation sites excluding steroid dienone is 1. The Bertz CT molecular complexity index is 348. The van der Waals surface area contributed by atoms with Crippen LogP contribution in [0.1, 0.15) is 34.1 Å². The Morgan fingerprint density at radius 3 is 2.56 bits per heavy atom. The monoisotopic (exact) mass is 252 g/mol. The first-order valence-electron chi connectivity index (χ1n) is 6.65. The molecule has 0 aromatic rings. The van der Waals surface area contributed by atoms with Gasteiger partial charge in [0.05, 0.1) is 0 Å². The van der Waals surface area contributed by atoms with E-state index in [1.54, 1.807) is 4.90 Å². The summed E-state index contributed by atoms with van der Waals surface area (Å²) in [6.07, 6.45) is 2.26. The average Bonchev–Trinajstić information content (AvgIpc) is 2.50. The van der Waals surface area contributed by atoms with Gasteiger partial charge in [-0.05, 0) is 19.8 Å². The number of nitrogens with zero attached hydrogens (tertiary/aromatic N) is 2. The zero-order valence-corrected chi connectivity index (χ0v) is 11.9. The topological polar surface area (TPSA) is 40.6 Å². The fourth-order valence-electron chi connectivity index (χ4n) is 2.08. The third-order valence-electron chi connectivity index (χ3n) is 3.23. The van der Waals surface area contributed by atoms with Gasteiger partial charge in [0.15, 0.2) is 0 Å². The highest BCUT2D eigenvalue weighted by atomic mass is 16.2. The Balaban J connectivity index is 2.65. The quantitative estimate of drug-likeness (QED) is 0.717. The van der Waals surface area contributed by atoms with Crippen molar-refractivity contribution in [1.82, 2.24) is 9.80 Å². The third kappa shape index (κ3) is 3.86. The highest BCUT2D eigenvalue weighted by Gasteiger charge is 2.24. The molecule has 0 radical (unpaired) electrons. The first-order valence-corrected chi connectivity index (χ1v) is 6.65. The molecule has 1 fully saturated rings. The molecule has 0 aliphatic carbocycles. The van der Waals surface area contributed by atoms with E-state index in [4.69, 9.17) is 0 Å². The van der Waals surface area contributed by atoms with E-state index in [0.717, 1.165) is 12.1 Å². The van der Waals surface area contributed by atoms with E-state index in [9.17, 15) is 9.59 Å². The standard InChI is InChI=1S/C14H24N2O2/c1-5-12(4)14(18)15-7-6-13(17)16(9-8-15)10-11(2)3/h5,11H,6-10H2,1-4H3. The van der Waals surface area contributed by atoms with E-state index in [0.29, 0.717) is 32.0 Å². The number of carbonyl (C=O) groups excluding carboxylic acids is 2. The molecule has 2 amide bonds. The number of hydrogen-bond acceptors (Lipinski definition) is 2.